The molecule has 4 nitrogen and oxygen atoms in total. The van der Waals surface area contributed by atoms with Crippen LogP contribution in [0, 0.1) is 0 Å². The second-order valence-corrected chi connectivity index (χ2v) is 5.37. The molecule has 0 amide bonds. The predicted octanol–water partition coefficient (Wildman–Crippen LogP) is 2.47. The number of hydrogen-bond donors (Lipinski definition) is 2. The van der Waals surface area contributed by atoms with E-state index in [-0.39, 0.29) is 11.3 Å². The molecule has 0 radical (unpaired) electrons. The van der Waals surface area contributed by atoms with E-state index >= 15 is 0 Å². The van der Waals surface area contributed by atoms with Gasteiger partial charge in [0.05, 0.1) is 0 Å². The number of anilines is 1. The van der Waals surface area contributed by atoms with E-state index in [0.717, 1.165) is 0 Å². The van der Waals surface area contributed by atoms with Crippen LogP contribution in [-0.4, -0.2) is 31.2 Å². The minimum absolute atomic E-state index is 0.00812. The third kappa shape index (κ3) is 3.24. The van der Waals surface area contributed by atoms with E-state index in [0.29, 0.717) is 31.7 Å². The molecule has 3 rings (SSSR count). The van der Waals surface area contributed by atoms with Crippen molar-refractivity contribution in [3.05, 3.63) is 52.4 Å². The number of piperazine rings is 1. The van der Waals surface area contributed by atoms with Crippen LogP contribution in [0.3, 0.4) is 0 Å². The first-order valence-electron chi connectivity index (χ1n) is 7.32. The number of alkyl halides is 3. The summed E-state index contributed by atoms with van der Waals surface area (Å²) in [5.41, 5.74) is -1.02. The molecule has 1 aliphatic rings. The molecule has 2 aromatic rings. The van der Waals surface area contributed by atoms with Gasteiger partial charge in [-0.1, -0.05) is 30.3 Å². The molecule has 0 saturated carbocycles. The van der Waals surface area contributed by atoms with Gasteiger partial charge in [0.25, 0.3) is 5.56 Å². The molecule has 0 bridgehead atoms. The predicted molar refractivity (Wildman–Crippen MR) is 82.6 cm³/mol. The smallest absolute Gasteiger partial charge is 0.365 e. The van der Waals surface area contributed by atoms with Crippen molar-refractivity contribution in [2.24, 2.45) is 0 Å². The summed E-state index contributed by atoms with van der Waals surface area (Å²) in [6.45, 7) is 2.56. The van der Waals surface area contributed by atoms with E-state index < -0.39 is 17.4 Å². The van der Waals surface area contributed by atoms with Gasteiger partial charge in [0.15, 0.2) is 0 Å². The minimum atomic E-state index is -4.62. The zero-order valence-electron chi connectivity index (χ0n) is 12.3. The third-order valence-electron chi connectivity index (χ3n) is 3.85. The summed E-state index contributed by atoms with van der Waals surface area (Å²) in [7, 11) is 0. The van der Waals surface area contributed by atoms with Crippen molar-refractivity contribution < 1.29 is 13.2 Å². The lowest BCUT2D eigenvalue weighted by molar-refractivity contribution is -0.140. The van der Waals surface area contributed by atoms with Crippen molar-refractivity contribution in [3.8, 4) is 11.1 Å². The lowest BCUT2D eigenvalue weighted by Gasteiger charge is -2.29. The van der Waals surface area contributed by atoms with Crippen LogP contribution in [-0.2, 0) is 6.18 Å². The molecule has 2 heterocycles. The number of nitrogens with zero attached hydrogens (tertiary/aromatic N) is 1. The van der Waals surface area contributed by atoms with Crippen molar-refractivity contribution in [1.82, 2.24) is 10.3 Å². The monoisotopic (exact) mass is 323 g/mol. The third-order valence-corrected chi connectivity index (χ3v) is 3.85. The second-order valence-electron chi connectivity index (χ2n) is 5.37. The lowest BCUT2D eigenvalue weighted by atomic mass is 10.0. The zero-order valence-corrected chi connectivity index (χ0v) is 12.3. The Kier molecular flexibility index (Phi) is 4.12. The Bertz CT molecular complexity index is 734. The van der Waals surface area contributed by atoms with Crippen LogP contribution in [0.2, 0.25) is 0 Å². The molecule has 1 fully saturated rings. The first-order chi connectivity index (χ1) is 11.0. The van der Waals surface area contributed by atoms with Crippen LogP contribution in [0.1, 0.15) is 5.69 Å². The molecule has 122 valence electrons. The van der Waals surface area contributed by atoms with Gasteiger partial charge in [-0.25, -0.2) is 0 Å². The number of rotatable bonds is 2. The number of aromatic amines is 1. The van der Waals surface area contributed by atoms with Gasteiger partial charge in [0.2, 0.25) is 0 Å². The standard InChI is InChI=1S/C16H16F3N3O/c17-16(18,19)14-12(11-4-2-1-3-5-11)10-13(15(23)21-14)22-8-6-20-7-9-22/h1-5,10,20H,6-9H2,(H,21,23). The van der Waals surface area contributed by atoms with Crippen LogP contribution in [0.25, 0.3) is 11.1 Å². The Labute approximate surface area is 130 Å². The second kappa shape index (κ2) is 6.08. The Balaban J connectivity index is 2.16. The molecular formula is C16H16F3N3O. The molecular weight excluding hydrogens is 307 g/mol. The maximum absolute atomic E-state index is 13.3. The van der Waals surface area contributed by atoms with Gasteiger partial charge >= 0.3 is 6.18 Å². The van der Waals surface area contributed by atoms with E-state index in [4.69, 9.17) is 0 Å². The van der Waals surface area contributed by atoms with E-state index in [9.17, 15) is 18.0 Å². The first-order valence-corrected chi connectivity index (χ1v) is 7.32. The summed E-state index contributed by atoms with van der Waals surface area (Å²) in [4.78, 5) is 16.0. The number of pyridine rings is 1. The van der Waals surface area contributed by atoms with Gasteiger partial charge in [-0.05, 0) is 11.6 Å². The number of nitrogens with one attached hydrogen (secondary N) is 2. The van der Waals surface area contributed by atoms with Crippen LogP contribution < -0.4 is 15.8 Å². The number of H-pyrrole nitrogens is 1. The normalized spacial score (nSPS) is 15.7. The first kappa shape index (κ1) is 15.6. The minimum Gasteiger partial charge on any atom is -0.365 e. The van der Waals surface area contributed by atoms with Crippen LogP contribution in [0.15, 0.2) is 41.2 Å². The van der Waals surface area contributed by atoms with Crippen molar-refractivity contribution in [2.45, 2.75) is 6.18 Å². The maximum Gasteiger partial charge on any atom is 0.431 e. The van der Waals surface area contributed by atoms with E-state index in [1.807, 2.05) is 9.88 Å². The summed E-state index contributed by atoms with van der Waals surface area (Å²) >= 11 is 0. The largest absolute Gasteiger partial charge is 0.431 e. The molecule has 0 spiro atoms. The van der Waals surface area contributed by atoms with E-state index in [1.54, 1.807) is 30.3 Å². The fraction of sp³-hybridized carbons (Fsp3) is 0.312. The molecule has 1 aromatic carbocycles. The number of halogens is 3. The molecule has 7 heteroatoms. The molecule has 1 aromatic heterocycles. The fourth-order valence-electron chi connectivity index (χ4n) is 2.73. The molecule has 0 unspecified atom stereocenters. The van der Waals surface area contributed by atoms with Gasteiger partial charge in [0, 0.05) is 31.7 Å². The Morgan fingerprint density at radius 1 is 1.04 bits per heavy atom. The fourth-order valence-corrected chi connectivity index (χ4v) is 2.73. The number of benzene rings is 1. The molecule has 1 saturated heterocycles. The van der Waals surface area contributed by atoms with Gasteiger partial charge in [-0.2, -0.15) is 13.2 Å². The van der Waals surface area contributed by atoms with E-state index in [1.165, 1.54) is 6.07 Å². The molecule has 23 heavy (non-hydrogen) atoms. The van der Waals surface area contributed by atoms with Gasteiger partial charge in [0.1, 0.15) is 11.4 Å². The highest BCUT2D eigenvalue weighted by atomic mass is 19.4. The summed E-state index contributed by atoms with van der Waals surface area (Å²) in [5, 5.41) is 3.15. The maximum atomic E-state index is 13.3. The van der Waals surface area contributed by atoms with Crippen molar-refractivity contribution in [2.75, 3.05) is 31.1 Å². The van der Waals surface area contributed by atoms with E-state index in [2.05, 4.69) is 5.32 Å². The van der Waals surface area contributed by atoms with Crippen LogP contribution >= 0.6 is 0 Å². The topological polar surface area (TPSA) is 48.1 Å². The Morgan fingerprint density at radius 2 is 1.70 bits per heavy atom. The van der Waals surface area contributed by atoms with Crippen molar-refractivity contribution in [1.29, 1.82) is 0 Å². The zero-order chi connectivity index (χ0) is 16.4. The van der Waals surface area contributed by atoms with Crippen molar-refractivity contribution in [3.63, 3.8) is 0 Å². The Morgan fingerprint density at radius 3 is 2.30 bits per heavy atom. The average Bonchev–Trinajstić information content (AvgIpc) is 2.55. The summed E-state index contributed by atoms with van der Waals surface area (Å²) in [6, 6.07) is 9.63. The van der Waals surface area contributed by atoms with Crippen LogP contribution in [0.5, 0.6) is 0 Å². The lowest BCUT2D eigenvalue weighted by Crippen LogP contribution is -2.45. The summed E-state index contributed by atoms with van der Waals surface area (Å²) in [5.74, 6) is 0. The van der Waals surface area contributed by atoms with Gasteiger partial charge < -0.3 is 15.2 Å². The number of aromatic nitrogens is 1. The van der Waals surface area contributed by atoms with Crippen LogP contribution in [0.4, 0.5) is 18.9 Å². The summed E-state index contributed by atoms with van der Waals surface area (Å²) < 4.78 is 39.9. The highest BCUT2D eigenvalue weighted by molar-refractivity contribution is 5.70. The molecule has 1 aliphatic heterocycles. The molecule has 0 atom stereocenters. The highest BCUT2D eigenvalue weighted by Crippen LogP contribution is 2.36. The van der Waals surface area contributed by atoms with Crippen molar-refractivity contribution >= 4 is 5.69 Å². The Hall–Kier alpha value is -2.28. The average molecular weight is 323 g/mol. The summed E-state index contributed by atoms with van der Waals surface area (Å²) in [6.07, 6.45) is -4.62. The number of hydrogen-bond acceptors (Lipinski definition) is 3. The SMILES string of the molecule is O=c1[nH]c(C(F)(F)F)c(-c2ccccc2)cc1N1CCNCC1. The molecule has 0 aliphatic carbocycles. The quantitative estimate of drug-likeness (QED) is 0.893. The van der Waals surface area contributed by atoms with Gasteiger partial charge in [-0.3, -0.25) is 4.79 Å². The highest BCUT2D eigenvalue weighted by Gasteiger charge is 2.36. The molecule has 2 N–H and O–H groups in total. The van der Waals surface area contributed by atoms with Gasteiger partial charge in [-0.15, -0.1) is 0 Å².